The van der Waals surface area contributed by atoms with E-state index in [4.69, 9.17) is 11.6 Å². The van der Waals surface area contributed by atoms with Crippen molar-refractivity contribution in [2.45, 2.75) is 44.7 Å². The molecule has 3 N–H and O–H groups in total. The summed E-state index contributed by atoms with van der Waals surface area (Å²) >= 11 is 6.86. The first-order valence-electron chi connectivity index (χ1n) is 12.2. The number of amides is 1. The summed E-state index contributed by atoms with van der Waals surface area (Å²) in [4.78, 5) is 16.1. The van der Waals surface area contributed by atoms with Crippen molar-refractivity contribution in [1.82, 2.24) is 15.6 Å². The van der Waals surface area contributed by atoms with E-state index in [2.05, 4.69) is 22.7 Å². The third-order valence-electron chi connectivity index (χ3n) is 6.48. The molecule has 1 amide bonds. The van der Waals surface area contributed by atoms with Gasteiger partial charge in [0, 0.05) is 29.9 Å². The summed E-state index contributed by atoms with van der Waals surface area (Å²) in [5.41, 5.74) is 1.68. The molecule has 2 aromatic carbocycles. The SMILES string of the molecule is CNC1CCCCC1.O=C(NCc1cc(-c2ccc(F)nc2)ccc1O)c1sc2c(F)ccc(F)c2c1Cl. The predicted octanol–water partition coefficient (Wildman–Crippen LogP) is 7.21. The van der Waals surface area contributed by atoms with Crippen molar-refractivity contribution in [2.75, 3.05) is 7.05 Å². The summed E-state index contributed by atoms with van der Waals surface area (Å²) in [5, 5.41) is 15.7. The van der Waals surface area contributed by atoms with Gasteiger partial charge in [-0.15, -0.1) is 11.3 Å². The molecule has 5 rings (SSSR count). The van der Waals surface area contributed by atoms with Gasteiger partial charge in [0.05, 0.1) is 15.1 Å². The topological polar surface area (TPSA) is 74.2 Å². The first-order valence-corrected chi connectivity index (χ1v) is 13.4. The number of rotatable bonds is 5. The van der Waals surface area contributed by atoms with Gasteiger partial charge < -0.3 is 15.7 Å². The Kier molecular flexibility index (Phi) is 9.25. The second-order valence-corrected chi connectivity index (χ2v) is 10.4. The Morgan fingerprint density at radius 3 is 2.39 bits per heavy atom. The molecule has 4 aromatic rings. The average Bonchev–Trinajstić information content (AvgIpc) is 3.30. The molecule has 0 spiro atoms. The molecular formula is C28H27ClF3N3O2S. The van der Waals surface area contributed by atoms with Crippen molar-refractivity contribution in [2.24, 2.45) is 0 Å². The van der Waals surface area contributed by atoms with Crippen LogP contribution in [0.5, 0.6) is 5.75 Å². The highest BCUT2D eigenvalue weighted by Crippen LogP contribution is 2.38. The standard InChI is InChI=1S/C21H12ClF3N2O2S.C7H15N/c22-18-17-13(23)3-4-14(24)19(17)30-20(18)21(29)27-9-12-7-10(1-5-15(12)28)11-2-6-16(25)26-8-11;1-8-7-5-3-2-4-6-7/h1-8,28H,9H2,(H,27,29);7-8H,2-6H2,1H3. The van der Waals surface area contributed by atoms with Crippen molar-refractivity contribution in [1.29, 1.82) is 0 Å². The fraction of sp³-hybridized carbons (Fsp3) is 0.286. The number of hydrogen-bond acceptors (Lipinski definition) is 5. The molecule has 5 nitrogen and oxygen atoms in total. The second kappa shape index (κ2) is 12.6. The van der Waals surface area contributed by atoms with E-state index in [0.29, 0.717) is 16.7 Å². The predicted molar refractivity (Wildman–Crippen MR) is 145 cm³/mol. The van der Waals surface area contributed by atoms with E-state index in [1.54, 1.807) is 12.1 Å². The zero-order valence-corrected chi connectivity index (χ0v) is 22.2. The van der Waals surface area contributed by atoms with Crippen LogP contribution in [-0.4, -0.2) is 29.1 Å². The molecule has 1 aliphatic rings. The van der Waals surface area contributed by atoms with Crippen LogP contribution < -0.4 is 10.6 Å². The summed E-state index contributed by atoms with van der Waals surface area (Å²) in [6, 6.07) is 10.2. The molecule has 0 bridgehead atoms. The third-order valence-corrected chi connectivity index (χ3v) is 8.17. The number of carbonyl (C=O) groups is 1. The van der Waals surface area contributed by atoms with E-state index in [-0.39, 0.29) is 32.3 Å². The highest BCUT2D eigenvalue weighted by Gasteiger charge is 2.22. The maximum Gasteiger partial charge on any atom is 0.263 e. The van der Waals surface area contributed by atoms with Crippen molar-refractivity contribution < 1.29 is 23.1 Å². The van der Waals surface area contributed by atoms with Gasteiger partial charge in [-0.05, 0) is 61.9 Å². The number of thiophene rings is 1. The largest absolute Gasteiger partial charge is 0.508 e. The molecule has 1 saturated carbocycles. The lowest BCUT2D eigenvalue weighted by Crippen LogP contribution is -2.26. The molecule has 0 saturated heterocycles. The van der Waals surface area contributed by atoms with Crippen LogP contribution in [0.2, 0.25) is 5.02 Å². The molecule has 1 aliphatic carbocycles. The van der Waals surface area contributed by atoms with Crippen LogP contribution in [0.1, 0.15) is 47.3 Å². The Hall–Kier alpha value is -3.14. The van der Waals surface area contributed by atoms with Crippen molar-refractivity contribution in [3.8, 4) is 16.9 Å². The number of phenols is 1. The van der Waals surface area contributed by atoms with Gasteiger partial charge in [0.1, 0.15) is 22.3 Å². The number of halogens is 4. The van der Waals surface area contributed by atoms with E-state index in [0.717, 1.165) is 29.5 Å². The highest BCUT2D eigenvalue weighted by atomic mass is 35.5. The Bertz CT molecular complexity index is 1420. The zero-order chi connectivity index (χ0) is 27.2. The number of carbonyl (C=O) groups excluding carboxylic acids is 1. The van der Waals surface area contributed by atoms with Gasteiger partial charge in [0.25, 0.3) is 5.91 Å². The molecule has 38 heavy (non-hydrogen) atoms. The molecule has 0 aliphatic heterocycles. The number of aromatic nitrogens is 1. The van der Waals surface area contributed by atoms with Crippen molar-refractivity contribution in [3.05, 3.63) is 81.7 Å². The smallest absolute Gasteiger partial charge is 0.263 e. The lowest BCUT2D eigenvalue weighted by Gasteiger charge is -2.20. The van der Waals surface area contributed by atoms with Crippen LogP contribution in [0.15, 0.2) is 48.7 Å². The van der Waals surface area contributed by atoms with Crippen LogP contribution in [-0.2, 0) is 6.54 Å². The minimum atomic E-state index is -0.718. The maximum absolute atomic E-state index is 14.0. The van der Waals surface area contributed by atoms with Gasteiger partial charge in [-0.2, -0.15) is 4.39 Å². The fourth-order valence-corrected chi connectivity index (χ4v) is 5.81. The van der Waals surface area contributed by atoms with Crippen molar-refractivity contribution in [3.63, 3.8) is 0 Å². The molecule has 0 atom stereocenters. The number of fused-ring (bicyclic) bond motifs is 1. The third kappa shape index (κ3) is 6.46. The van der Waals surface area contributed by atoms with E-state index in [9.17, 15) is 23.1 Å². The van der Waals surface area contributed by atoms with Gasteiger partial charge in [-0.25, -0.2) is 13.8 Å². The number of benzene rings is 2. The Morgan fingerprint density at radius 2 is 1.76 bits per heavy atom. The lowest BCUT2D eigenvalue weighted by atomic mass is 9.96. The highest BCUT2D eigenvalue weighted by molar-refractivity contribution is 7.21. The number of nitrogens with one attached hydrogen (secondary N) is 2. The number of aromatic hydroxyl groups is 1. The number of phenolic OH excluding ortho intramolecular Hbond substituents is 1. The first kappa shape index (κ1) is 27.9. The molecule has 2 aromatic heterocycles. The summed E-state index contributed by atoms with van der Waals surface area (Å²) in [7, 11) is 2.07. The number of pyridine rings is 1. The van der Waals surface area contributed by atoms with Crippen LogP contribution in [0.4, 0.5) is 13.2 Å². The van der Waals surface area contributed by atoms with Crippen LogP contribution in [0.25, 0.3) is 21.2 Å². The summed E-state index contributed by atoms with van der Waals surface area (Å²) < 4.78 is 40.9. The Balaban J connectivity index is 0.000000360. The minimum absolute atomic E-state index is 0.0333. The lowest BCUT2D eigenvalue weighted by molar-refractivity contribution is 0.0955. The molecule has 0 radical (unpaired) electrons. The van der Waals surface area contributed by atoms with E-state index >= 15 is 0 Å². The van der Waals surface area contributed by atoms with Gasteiger partial charge in [0.15, 0.2) is 0 Å². The second-order valence-electron chi connectivity index (χ2n) is 9.00. The molecule has 200 valence electrons. The first-order chi connectivity index (χ1) is 18.3. The zero-order valence-electron chi connectivity index (χ0n) is 20.7. The summed E-state index contributed by atoms with van der Waals surface area (Å²) in [6.45, 7) is -0.0668. The van der Waals surface area contributed by atoms with Crippen LogP contribution in [0.3, 0.4) is 0 Å². The molecule has 10 heteroatoms. The number of hydrogen-bond donors (Lipinski definition) is 3. The maximum atomic E-state index is 14.0. The van der Waals surface area contributed by atoms with Gasteiger partial charge >= 0.3 is 0 Å². The van der Waals surface area contributed by atoms with Gasteiger partial charge in [-0.3, -0.25) is 4.79 Å². The van der Waals surface area contributed by atoms with E-state index < -0.39 is 23.5 Å². The Morgan fingerprint density at radius 1 is 1.05 bits per heavy atom. The van der Waals surface area contributed by atoms with Gasteiger partial charge in [0.2, 0.25) is 5.95 Å². The Labute approximate surface area is 227 Å². The van der Waals surface area contributed by atoms with Crippen LogP contribution in [0, 0.1) is 17.6 Å². The molecular weight excluding hydrogens is 535 g/mol. The molecule has 0 unspecified atom stereocenters. The summed E-state index contributed by atoms with van der Waals surface area (Å²) in [6.07, 6.45) is 8.48. The normalized spacial score (nSPS) is 13.7. The van der Waals surface area contributed by atoms with Crippen LogP contribution >= 0.6 is 22.9 Å². The minimum Gasteiger partial charge on any atom is -0.508 e. The number of nitrogens with zero attached hydrogens (tertiary/aromatic N) is 1. The van der Waals surface area contributed by atoms with E-state index in [1.807, 2.05) is 0 Å². The van der Waals surface area contributed by atoms with Crippen molar-refractivity contribution >= 4 is 38.9 Å². The monoisotopic (exact) mass is 561 g/mol. The summed E-state index contributed by atoms with van der Waals surface area (Å²) in [5.74, 6) is -2.69. The fourth-order valence-electron chi connectivity index (χ4n) is 4.34. The average molecular weight is 562 g/mol. The molecule has 2 heterocycles. The van der Waals surface area contributed by atoms with E-state index in [1.165, 1.54) is 56.5 Å². The quantitative estimate of drug-likeness (QED) is 0.225. The van der Waals surface area contributed by atoms with Gasteiger partial charge in [-0.1, -0.05) is 36.9 Å². The molecule has 1 fully saturated rings.